The highest BCUT2D eigenvalue weighted by atomic mass is 79.9. The van der Waals surface area contributed by atoms with Gasteiger partial charge in [0.05, 0.1) is 17.7 Å². The number of halogens is 2. The quantitative estimate of drug-likeness (QED) is 0.921. The molecule has 5 heteroatoms. The molecule has 0 aliphatic carbocycles. The first-order chi connectivity index (χ1) is 8.63. The van der Waals surface area contributed by atoms with Crippen molar-refractivity contribution in [2.45, 2.75) is 18.5 Å². The molecule has 2 rings (SSSR count). The lowest BCUT2D eigenvalue weighted by Crippen LogP contribution is -2.33. The number of likely N-dealkylation sites (tertiary alicyclic amines) is 1. The number of nitrogens with zero attached hydrogens (tertiary/aromatic N) is 1. The zero-order valence-electron chi connectivity index (χ0n) is 10.4. The van der Waals surface area contributed by atoms with E-state index in [4.69, 9.17) is 22.1 Å². The van der Waals surface area contributed by atoms with E-state index in [1.165, 1.54) is 5.56 Å². The first-order valence-electron chi connectivity index (χ1n) is 6.07. The van der Waals surface area contributed by atoms with Gasteiger partial charge in [-0.3, -0.25) is 4.90 Å². The number of methoxy groups -OCH3 is 1. The minimum absolute atomic E-state index is 0.176. The molecule has 0 amide bonds. The molecule has 1 aromatic carbocycles. The zero-order valence-corrected chi connectivity index (χ0v) is 12.7. The van der Waals surface area contributed by atoms with Crippen LogP contribution >= 0.6 is 27.5 Å². The van der Waals surface area contributed by atoms with E-state index >= 15 is 0 Å². The fraction of sp³-hybridized carbons (Fsp3) is 0.538. The third-order valence-corrected chi connectivity index (χ3v) is 4.63. The monoisotopic (exact) mass is 332 g/mol. The summed E-state index contributed by atoms with van der Waals surface area (Å²) in [6.45, 7) is 2.67. The predicted molar refractivity (Wildman–Crippen MR) is 77.9 cm³/mol. The molecule has 0 saturated carbocycles. The molecule has 2 N–H and O–H groups in total. The lowest BCUT2D eigenvalue weighted by atomic mass is 10.0. The summed E-state index contributed by atoms with van der Waals surface area (Å²) in [5, 5.41) is 0.730. The first-order valence-corrected chi connectivity index (χ1v) is 7.24. The fourth-order valence-corrected chi connectivity index (χ4v) is 3.01. The highest BCUT2D eigenvalue weighted by Crippen LogP contribution is 2.34. The molecular formula is C13H18BrClN2O. The standard InChI is InChI=1S/C13H18BrClN2O/c1-18-7-6-17-5-4-12(16)13(17)9-2-3-11(15)10(14)8-9/h2-3,8,12-13H,4-7,16H2,1H3. The van der Waals surface area contributed by atoms with Crippen LogP contribution in [-0.4, -0.2) is 37.7 Å². The maximum Gasteiger partial charge on any atom is 0.0589 e. The van der Waals surface area contributed by atoms with Gasteiger partial charge in [0, 0.05) is 30.7 Å². The van der Waals surface area contributed by atoms with Gasteiger partial charge >= 0.3 is 0 Å². The fourth-order valence-electron chi connectivity index (χ4n) is 2.50. The Bertz CT molecular complexity index is 416. The molecule has 2 unspecified atom stereocenters. The number of ether oxygens (including phenoxy) is 1. The van der Waals surface area contributed by atoms with Crippen LogP contribution in [0.3, 0.4) is 0 Å². The Kier molecular flexibility index (Phi) is 5.04. The molecule has 0 radical (unpaired) electrons. The number of rotatable bonds is 4. The van der Waals surface area contributed by atoms with Crippen LogP contribution in [0.15, 0.2) is 22.7 Å². The van der Waals surface area contributed by atoms with Crippen LogP contribution in [0.2, 0.25) is 5.02 Å². The summed E-state index contributed by atoms with van der Waals surface area (Å²) in [5.41, 5.74) is 7.45. The molecule has 2 atom stereocenters. The number of nitrogens with two attached hydrogens (primary N) is 1. The molecule has 0 aromatic heterocycles. The first kappa shape index (κ1) is 14.3. The van der Waals surface area contributed by atoms with Crippen LogP contribution in [0.5, 0.6) is 0 Å². The van der Waals surface area contributed by atoms with E-state index in [1.807, 2.05) is 6.07 Å². The normalized spacial score (nSPS) is 24.7. The van der Waals surface area contributed by atoms with E-state index in [2.05, 4.69) is 33.0 Å². The van der Waals surface area contributed by atoms with Gasteiger partial charge in [0.25, 0.3) is 0 Å². The van der Waals surface area contributed by atoms with Gasteiger partial charge in [-0.2, -0.15) is 0 Å². The van der Waals surface area contributed by atoms with Gasteiger partial charge in [-0.1, -0.05) is 17.7 Å². The van der Waals surface area contributed by atoms with Crippen LogP contribution in [0.4, 0.5) is 0 Å². The Morgan fingerprint density at radius 2 is 2.33 bits per heavy atom. The van der Waals surface area contributed by atoms with Gasteiger partial charge in [0.15, 0.2) is 0 Å². The van der Waals surface area contributed by atoms with E-state index in [9.17, 15) is 0 Å². The molecule has 100 valence electrons. The SMILES string of the molecule is COCCN1CCC(N)C1c1ccc(Cl)c(Br)c1. The van der Waals surface area contributed by atoms with Crippen LogP contribution in [0.25, 0.3) is 0 Å². The van der Waals surface area contributed by atoms with Crippen LogP contribution in [-0.2, 0) is 4.74 Å². The molecule has 1 heterocycles. The average Bonchev–Trinajstić information content (AvgIpc) is 2.71. The topological polar surface area (TPSA) is 38.5 Å². The lowest BCUT2D eigenvalue weighted by Gasteiger charge is -2.27. The van der Waals surface area contributed by atoms with E-state index < -0.39 is 0 Å². The third kappa shape index (κ3) is 3.06. The van der Waals surface area contributed by atoms with Crippen molar-refractivity contribution < 1.29 is 4.74 Å². The lowest BCUT2D eigenvalue weighted by molar-refractivity contribution is 0.139. The van der Waals surface area contributed by atoms with Crippen molar-refractivity contribution in [1.29, 1.82) is 0 Å². The Labute approximate surface area is 121 Å². The average molecular weight is 334 g/mol. The summed E-state index contributed by atoms with van der Waals surface area (Å²) in [6.07, 6.45) is 1.02. The minimum Gasteiger partial charge on any atom is -0.383 e. The Morgan fingerprint density at radius 1 is 1.56 bits per heavy atom. The summed E-state index contributed by atoms with van der Waals surface area (Å²) >= 11 is 9.50. The summed E-state index contributed by atoms with van der Waals surface area (Å²) in [5.74, 6) is 0. The Morgan fingerprint density at radius 3 is 3.00 bits per heavy atom. The molecular weight excluding hydrogens is 316 g/mol. The van der Waals surface area contributed by atoms with Crippen molar-refractivity contribution in [2.24, 2.45) is 5.73 Å². The van der Waals surface area contributed by atoms with Crippen LogP contribution < -0.4 is 5.73 Å². The number of hydrogen-bond acceptors (Lipinski definition) is 3. The highest BCUT2D eigenvalue weighted by molar-refractivity contribution is 9.10. The Hall–Kier alpha value is -0.130. The maximum absolute atomic E-state index is 6.23. The second kappa shape index (κ2) is 6.35. The Balaban J connectivity index is 2.19. The van der Waals surface area contributed by atoms with Gasteiger partial charge in [-0.05, 0) is 40.0 Å². The molecule has 1 aliphatic rings. The molecule has 1 saturated heterocycles. The third-order valence-electron chi connectivity index (χ3n) is 3.42. The molecule has 3 nitrogen and oxygen atoms in total. The summed E-state index contributed by atoms with van der Waals surface area (Å²) in [6, 6.07) is 6.48. The van der Waals surface area contributed by atoms with Crippen molar-refractivity contribution in [3.8, 4) is 0 Å². The highest BCUT2D eigenvalue weighted by Gasteiger charge is 2.32. The summed E-state index contributed by atoms with van der Waals surface area (Å²) in [4.78, 5) is 2.38. The van der Waals surface area contributed by atoms with E-state index in [-0.39, 0.29) is 12.1 Å². The van der Waals surface area contributed by atoms with Gasteiger partial charge in [0.2, 0.25) is 0 Å². The van der Waals surface area contributed by atoms with E-state index in [0.29, 0.717) is 0 Å². The summed E-state index contributed by atoms with van der Waals surface area (Å²) < 4.78 is 6.08. The van der Waals surface area contributed by atoms with Crippen LogP contribution in [0, 0.1) is 0 Å². The zero-order chi connectivity index (χ0) is 13.1. The largest absolute Gasteiger partial charge is 0.383 e. The molecule has 18 heavy (non-hydrogen) atoms. The van der Waals surface area contributed by atoms with Crippen molar-refractivity contribution in [3.63, 3.8) is 0 Å². The van der Waals surface area contributed by atoms with Gasteiger partial charge < -0.3 is 10.5 Å². The van der Waals surface area contributed by atoms with Crippen molar-refractivity contribution >= 4 is 27.5 Å². The molecule has 0 spiro atoms. The van der Waals surface area contributed by atoms with E-state index in [1.54, 1.807) is 7.11 Å². The maximum atomic E-state index is 6.23. The van der Waals surface area contributed by atoms with Gasteiger partial charge in [-0.15, -0.1) is 0 Å². The second-order valence-electron chi connectivity index (χ2n) is 4.60. The van der Waals surface area contributed by atoms with Crippen LogP contribution in [0.1, 0.15) is 18.0 Å². The smallest absolute Gasteiger partial charge is 0.0589 e. The number of hydrogen-bond donors (Lipinski definition) is 1. The summed E-state index contributed by atoms with van der Waals surface area (Å²) in [7, 11) is 1.73. The predicted octanol–water partition coefficient (Wildman–Crippen LogP) is 2.82. The van der Waals surface area contributed by atoms with E-state index in [0.717, 1.165) is 35.6 Å². The molecule has 1 fully saturated rings. The number of benzene rings is 1. The van der Waals surface area contributed by atoms with Crippen molar-refractivity contribution in [2.75, 3.05) is 26.8 Å². The van der Waals surface area contributed by atoms with Gasteiger partial charge in [-0.25, -0.2) is 0 Å². The molecule has 1 aliphatic heterocycles. The van der Waals surface area contributed by atoms with Crippen molar-refractivity contribution in [3.05, 3.63) is 33.3 Å². The minimum atomic E-state index is 0.176. The molecule has 0 bridgehead atoms. The van der Waals surface area contributed by atoms with Crippen molar-refractivity contribution in [1.82, 2.24) is 4.90 Å². The second-order valence-corrected chi connectivity index (χ2v) is 5.86. The molecule has 1 aromatic rings. The van der Waals surface area contributed by atoms with Gasteiger partial charge in [0.1, 0.15) is 0 Å².